The van der Waals surface area contributed by atoms with E-state index in [0.717, 1.165) is 11.0 Å². The molecule has 1 aromatic carbocycles. The summed E-state index contributed by atoms with van der Waals surface area (Å²) in [6.45, 7) is 3.66. The second-order valence-corrected chi connectivity index (χ2v) is 2.81. The van der Waals surface area contributed by atoms with Gasteiger partial charge in [0.05, 0.1) is 18.1 Å². The Morgan fingerprint density at radius 3 is 2.43 bits per heavy atom. The average molecular weight is 186 g/mol. The fourth-order valence-electron chi connectivity index (χ4n) is 1.28. The maximum Gasteiger partial charge on any atom is 0.240 e. The van der Waals surface area contributed by atoms with Gasteiger partial charge in [0.25, 0.3) is 0 Å². The molecule has 1 heterocycles. The third-order valence-electron chi connectivity index (χ3n) is 1.95. The summed E-state index contributed by atoms with van der Waals surface area (Å²) in [5.74, 6) is 0.513. The third kappa shape index (κ3) is 1.33. The van der Waals surface area contributed by atoms with Gasteiger partial charge in [-0.15, -0.1) is 0 Å². The Labute approximate surface area is 82.1 Å². The Morgan fingerprint density at radius 2 is 1.86 bits per heavy atom. The van der Waals surface area contributed by atoms with Gasteiger partial charge in [0.2, 0.25) is 5.88 Å². The molecule has 0 saturated heterocycles. The van der Waals surface area contributed by atoms with Gasteiger partial charge in [-0.05, 0) is 18.2 Å². The van der Waals surface area contributed by atoms with Gasteiger partial charge < -0.3 is 4.74 Å². The highest BCUT2D eigenvalue weighted by Crippen LogP contribution is 2.18. The van der Waals surface area contributed by atoms with Crippen molar-refractivity contribution >= 4 is 17.1 Å². The first-order valence-electron chi connectivity index (χ1n) is 4.28. The van der Waals surface area contributed by atoms with Gasteiger partial charge in [-0.3, -0.25) is 0 Å². The van der Waals surface area contributed by atoms with Crippen LogP contribution in [-0.4, -0.2) is 17.1 Å². The van der Waals surface area contributed by atoms with Crippen LogP contribution in [-0.2, 0) is 0 Å². The third-order valence-corrected chi connectivity index (χ3v) is 1.95. The van der Waals surface area contributed by atoms with Gasteiger partial charge in [-0.2, -0.15) is 0 Å². The lowest BCUT2D eigenvalue weighted by Crippen LogP contribution is -1.95. The highest BCUT2D eigenvalue weighted by atomic mass is 16.5. The van der Waals surface area contributed by atoms with Crippen LogP contribution in [0.5, 0.6) is 5.88 Å². The summed E-state index contributed by atoms with van der Waals surface area (Å²) >= 11 is 0. The monoisotopic (exact) mass is 186 g/mol. The van der Waals surface area contributed by atoms with Crippen molar-refractivity contribution in [2.24, 2.45) is 0 Å². The number of rotatable bonds is 2. The van der Waals surface area contributed by atoms with E-state index in [-0.39, 0.29) is 0 Å². The summed E-state index contributed by atoms with van der Waals surface area (Å²) in [6, 6.07) is 7.66. The summed E-state index contributed by atoms with van der Waals surface area (Å²) in [5.41, 5.74) is 2.35. The van der Waals surface area contributed by atoms with E-state index in [4.69, 9.17) is 4.74 Å². The molecule has 3 heteroatoms. The summed E-state index contributed by atoms with van der Waals surface area (Å²) < 4.78 is 5.10. The van der Waals surface area contributed by atoms with E-state index in [2.05, 4.69) is 16.5 Å². The van der Waals surface area contributed by atoms with Gasteiger partial charge in [-0.25, -0.2) is 9.97 Å². The van der Waals surface area contributed by atoms with Crippen molar-refractivity contribution in [1.82, 2.24) is 9.97 Å². The minimum atomic E-state index is 0.513. The van der Waals surface area contributed by atoms with Crippen molar-refractivity contribution in [1.29, 1.82) is 0 Å². The number of hydrogen-bond donors (Lipinski definition) is 0. The van der Waals surface area contributed by atoms with Crippen LogP contribution in [0.4, 0.5) is 0 Å². The standard InChI is InChI=1S/C11H10N2O/c1-3-8-11(14-2)13-10-7-5-4-6-9(10)12-8/h3-7H,1H2,2H3. The van der Waals surface area contributed by atoms with Gasteiger partial charge in [0.1, 0.15) is 5.69 Å². The zero-order chi connectivity index (χ0) is 9.97. The van der Waals surface area contributed by atoms with E-state index in [1.165, 1.54) is 0 Å². The smallest absolute Gasteiger partial charge is 0.240 e. The minimum absolute atomic E-state index is 0.513. The number of ether oxygens (including phenoxy) is 1. The quantitative estimate of drug-likeness (QED) is 0.721. The molecule has 70 valence electrons. The van der Waals surface area contributed by atoms with E-state index in [9.17, 15) is 0 Å². The molecule has 3 nitrogen and oxygen atoms in total. The fraction of sp³-hybridized carbons (Fsp3) is 0.0909. The maximum absolute atomic E-state index is 5.10. The number of para-hydroxylation sites is 2. The van der Waals surface area contributed by atoms with Crippen molar-refractivity contribution in [3.63, 3.8) is 0 Å². The lowest BCUT2D eigenvalue weighted by molar-refractivity contribution is 0.396. The van der Waals surface area contributed by atoms with E-state index in [1.54, 1.807) is 13.2 Å². The maximum atomic E-state index is 5.10. The number of hydrogen-bond acceptors (Lipinski definition) is 3. The Bertz CT molecular complexity index is 480. The highest BCUT2D eigenvalue weighted by molar-refractivity contribution is 5.76. The second-order valence-electron chi connectivity index (χ2n) is 2.81. The first kappa shape index (κ1) is 8.69. The largest absolute Gasteiger partial charge is 0.479 e. The first-order chi connectivity index (χ1) is 6.85. The van der Waals surface area contributed by atoms with E-state index in [1.807, 2.05) is 24.3 Å². The lowest BCUT2D eigenvalue weighted by Gasteiger charge is -2.04. The van der Waals surface area contributed by atoms with E-state index in [0.29, 0.717) is 11.6 Å². The molecule has 0 N–H and O–H groups in total. The molecule has 14 heavy (non-hydrogen) atoms. The first-order valence-corrected chi connectivity index (χ1v) is 4.28. The number of nitrogens with zero attached hydrogens (tertiary/aromatic N) is 2. The van der Waals surface area contributed by atoms with Gasteiger partial charge in [-0.1, -0.05) is 18.7 Å². The average Bonchev–Trinajstić information content (AvgIpc) is 2.27. The molecular weight excluding hydrogens is 176 g/mol. The summed E-state index contributed by atoms with van der Waals surface area (Å²) in [5, 5.41) is 0. The molecule has 0 aliphatic rings. The van der Waals surface area contributed by atoms with Crippen LogP contribution >= 0.6 is 0 Å². The number of aromatic nitrogens is 2. The molecule has 0 atom stereocenters. The van der Waals surface area contributed by atoms with E-state index >= 15 is 0 Å². The van der Waals surface area contributed by atoms with Crippen molar-refractivity contribution in [3.05, 3.63) is 36.5 Å². The number of methoxy groups -OCH3 is 1. The van der Waals surface area contributed by atoms with Crippen LogP contribution in [0.1, 0.15) is 5.69 Å². The molecule has 2 rings (SSSR count). The lowest BCUT2D eigenvalue weighted by atomic mass is 10.3. The zero-order valence-corrected chi connectivity index (χ0v) is 7.90. The van der Waals surface area contributed by atoms with Gasteiger partial charge in [0.15, 0.2) is 0 Å². The van der Waals surface area contributed by atoms with Crippen molar-refractivity contribution in [2.45, 2.75) is 0 Å². The summed E-state index contributed by atoms with van der Waals surface area (Å²) in [4.78, 5) is 8.67. The van der Waals surface area contributed by atoms with Crippen LogP contribution in [0.2, 0.25) is 0 Å². The molecule has 0 bridgehead atoms. The molecule has 0 unspecified atom stereocenters. The van der Waals surface area contributed by atoms with Crippen molar-refractivity contribution in [3.8, 4) is 5.88 Å². The molecule has 0 aliphatic carbocycles. The number of benzene rings is 1. The Balaban J connectivity index is 2.75. The molecule has 1 aromatic heterocycles. The molecule has 0 radical (unpaired) electrons. The predicted octanol–water partition coefficient (Wildman–Crippen LogP) is 2.28. The minimum Gasteiger partial charge on any atom is -0.479 e. The highest BCUT2D eigenvalue weighted by Gasteiger charge is 2.04. The zero-order valence-electron chi connectivity index (χ0n) is 7.90. The Kier molecular flexibility index (Phi) is 2.14. The van der Waals surface area contributed by atoms with Crippen LogP contribution in [0.3, 0.4) is 0 Å². The van der Waals surface area contributed by atoms with Crippen LogP contribution in [0.15, 0.2) is 30.8 Å². The van der Waals surface area contributed by atoms with Crippen molar-refractivity contribution in [2.75, 3.05) is 7.11 Å². The summed E-state index contributed by atoms with van der Waals surface area (Å²) in [7, 11) is 1.58. The Hall–Kier alpha value is -1.90. The molecule has 2 aromatic rings. The predicted molar refractivity (Wildman–Crippen MR) is 56.2 cm³/mol. The number of fused-ring (bicyclic) bond motifs is 1. The topological polar surface area (TPSA) is 35.0 Å². The SMILES string of the molecule is C=Cc1nc2ccccc2nc1OC. The molecule has 0 spiro atoms. The van der Waals surface area contributed by atoms with Crippen molar-refractivity contribution < 1.29 is 4.74 Å². The van der Waals surface area contributed by atoms with Crippen LogP contribution < -0.4 is 4.74 Å². The molecule has 0 saturated carbocycles. The normalized spacial score (nSPS) is 10.1. The second kappa shape index (κ2) is 3.46. The van der Waals surface area contributed by atoms with Crippen LogP contribution in [0.25, 0.3) is 17.1 Å². The van der Waals surface area contributed by atoms with Gasteiger partial charge >= 0.3 is 0 Å². The fourth-order valence-corrected chi connectivity index (χ4v) is 1.28. The molecular formula is C11H10N2O. The molecule has 0 aliphatic heterocycles. The molecule has 0 fully saturated rings. The van der Waals surface area contributed by atoms with E-state index < -0.39 is 0 Å². The molecule has 0 amide bonds. The van der Waals surface area contributed by atoms with Crippen LogP contribution in [0, 0.1) is 0 Å². The van der Waals surface area contributed by atoms with Gasteiger partial charge in [0, 0.05) is 0 Å². The Morgan fingerprint density at radius 1 is 1.21 bits per heavy atom. The summed E-state index contributed by atoms with van der Waals surface area (Å²) in [6.07, 6.45) is 1.64.